The topological polar surface area (TPSA) is 113 Å². The molecule has 4 aromatic rings. The molecule has 2 saturated heterocycles. The van der Waals surface area contributed by atoms with Crippen LogP contribution in [0.15, 0.2) is 48.5 Å². The van der Waals surface area contributed by atoms with E-state index in [1.807, 2.05) is 24.3 Å². The van der Waals surface area contributed by atoms with E-state index in [9.17, 15) is 9.90 Å². The minimum Gasteiger partial charge on any atom is -0.478 e. The fourth-order valence-electron chi connectivity index (χ4n) is 7.21. The maximum absolute atomic E-state index is 15.0. The van der Waals surface area contributed by atoms with Gasteiger partial charge in [0.1, 0.15) is 17.2 Å². The van der Waals surface area contributed by atoms with Gasteiger partial charge in [-0.25, -0.2) is 14.2 Å². The number of hydrogen-bond donors (Lipinski definition) is 1. The summed E-state index contributed by atoms with van der Waals surface area (Å²) in [6.07, 6.45) is 3.03. The van der Waals surface area contributed by atoms with Crippen LogP contribution in [0.2, 0.25) is 5.02 Å². The van der Waals surface area contributed by atoms with Gasteiger partial charge in [0.2, 0.25) is 0 Å². The van der Waals surface area contributed by atoms with Gasteiger partial charge in [-0.3, -0.25) is 4.90 Å². The lowest BCUT2D eigenvalue weighted by Crippen LogP contribution is -2.64. The van der Waals surface area contributed by atoms with Crippen molar-refractivity contribution in [1.29, 1.82) is 5.26 Å². The number of benzene rings is 3. The van der Waals surface area contributed by atoms with E-state index in [1.54, 1.807) is 25.1 Å². The molecule has 3 aliphatic heterocycles. The summed E-state index contributed by atoms with van der Waals surface area (Å²) in [7, 11) is 0. The number of piperazine rings is 1. The summed E-state index contributed by atoms with van der Waals surface area (Å²) in [5.41, 5.74) is 2.81. The molecule has 4 heterocycles. The van der Waals surface area contributed by atoms with Crippen molar-refractivity contribution in [2.45, 2.75) is 63.3 Å². The van der Waals surface area contributed by atoms with E-state index in [4.69, 9.17) is 36.1 Å². The van der Waals surface area contributed by atoms with Gasteiger partial charge in [0, 0.05) is 38.7 Å². The molecule has 0 unspecified atom stereocenters. The molecule has 3 aromatic carbocycles. The number of anilines is 1. The number of rotatable bonds is 7. The number of carboxylic acids is 1. The number of hydrogen-bond acceptors (Lipinski definition) is 8. The molecule has 10 nitrogen and oxygen atoms in total. The first-order valence-electron chi connectivity index (χ1n) is 15.5. The second kappa shape index (κ2) is 10.9. The van der Waals surface area contributed by atoms with Crippen LogP contribution in [0.3, 0.4) is 0 Å². The molecule has 4 aliphatic rings. The van der Waals surface area contributed by atoms with E-state index in [2.05, 4.69) is 14.4 Å². The third-order valence-electron chi connectivity index (χ3n) is 9.81. The Balaban J connectivity index is 1.06. The number of nitriles is 1. The highest BCUT2D eigenvalue weighted by Crippen LogP contribution is 2.51. The molecular formula is C34H31ClFN5O5. The summed E-state index contributed by atoms with van der Waals surface area (Å²) in [4.78, 5) is 21.6. The van der Waals surface area contributed by atoms with Crippen molar-refractivity contribution in [3.05, 3.63) is 81.9 Å². The second-order valence-electron chi connectivity index (χ2n) is 12.5. The average molecular weight is 644 g/mol. The average Bonchev–Trinajstić information content (AvgIpc) is 3.52. The Bertz CT molecular complexity index is 1940. The number of halogens is 2. The van der Waals surface area contributed by atoms with Crippen LogP contribution in [0, 0.1) is 17.1 Å². The quantitative estimate of drug-likeness (QED) is 0.272. The summed E-state index contributed by atoms with van der Waals surface area (Å²) < 4.78 is 35.5. The molecule has 1 aliphatic carbocycles. The summed E-state index contributed by atoms with van der Waals surface area (Å²) in [6.45, 7) is 5.10. The Morgan fingerprint density at radius 2 is 1.98 bits per heavy atom. The predicted molar refractivity (Wildman–Crippen MR) is 167 cm³/mol. The first-order chi connectivity index (χ1) is 22.2. The zero-order valence-electron chi connectivity index (χ0n) is 25.1. The zero-order chi connectivity index (χ0) is 31.7. The molecule has 0 radical (unpaired) electrons. The molecule has 1 N–H and O–H groups in total. The number of nitrogens with zero attached hydrogens (tertiary/aromatic N) is 5. The van der Waals surface area contributed by atoms with Gasteiger partial charge in [0.05, 0.1) is 58.2 Å². The van der Waals surface area contributed by atoms with Crippen molar-refractivity contribution >= 4 is 34.3 Å². The number of imidazole rings is 1. The molecule has 3 fully saturated rings. The maximum Gasteiger partial charge on any atom is 0.335 e. The van der Waals surface area contributed by atoms with Gasteiger partial charge in [-0.1, -0.05) is 17.7 Å². The SMILES string of the molecule is C[C@@]1(c2ccc(C#N)cc2F)Oc2cccc(N3CCN(Cc4nc5c(Cl)cc(C(=O)O)cc5n4C[C@@H]4CCO4)[C@@H]4CC[C@@H]43)c2O1. The third kappa shape index (κ3) is 4.66. The summed E-state index contributed by atoms with van der Waals surface area (Å²) in [6, 6.07) is 15.7. The van der Waals surface area contributed by atoms with E-state index < -0.39 is 17.6 Å². The van der Waals surface area contributed by atoms with Crippen LogP contribution in [0.25, 0.3) is 11.0 Å². The fourth-order valence-corrected chi connectivity index (χ4v) is 7.47. The molecular weight excluding hydrogens is 613 g/mol. The lowest BCUT2D eigenvalue weighted by Gasteiger charge is -2.54. The molecule has 0 bridgehead atoms. The summed E-state index contributed by atoms with van der Waals surface area (Å²) in [5.74, 6) is -0.991. The van der Waals surface area contributed by atoms with E-state index in [1.165, 1.54) is 12.1 Å². The first kappa shape index (κ1) is 29.1. The smallest absolute Gasteiger partial charge is 0.335 e. The number of carboxylic acid groups (broad SMARTS) is 1. The van der Waals surface area contributed by atoms with Gasteiger partial charge in [-0.05, 0) is 61.7 Å². The van der Waals surface area contributed by atoms with Crippen molar-refractivity contribution in [1.82, 2.24) is 14.5 Å². The van der Waals surface area contributed by atoms with Gasteiger partial charge in [0.25, 0.3) is 5.79 Å². The molecule has 12 heteroatoms. The number of fused-ring (bicyclic) bond motifs is 3. The minimum absolute atomic E-state index is 0.0579. The van der Waals surface area contributed by atoms with Gasteiger partial charge >= 0.3 is 5.97 Å². The molecule has 1 aromatic heterocycles. The second-order valence-corrected chi connectivity index (χ2v) is 12.9. The highest BCUT2D eigenvalue weighted by Gasteiger charge is 2.47. The van der Waals surface area contributed by atoms with Crippen molar-refractivity contribution < 1.29 is 28.5 Å². The number of para-hydroxylation sites is 1. The molecule has 46 heavy (non-hydrogen) atoms. The minimum atomic E-state index is -1.37. The number of aromatic carboxylic acids is 1. The normalized spacial score (nSPS) is 25.1. The summed E-state index contributed by atoms with van der Waals surface area (Å²) >= 11 is 6.55. The van der Waals surface area contributed by atoms with E-state index in [0.717, 1.165) is 50.5 Å². The maximum atomic E-state index is 15.0. The van der Waals surface area contributed by atoms with Gasteiger partial charge in [-0.15, -0.1) is 0 Å². The Kier molecular flexibility index (Phi) is 6.86. The Labute approximate surface area is 269 Å². The molecule has 0 amide bonds. The van der Waals surface area contributed by atoms with Crippen molar-refractivity contribution in [2.75, 3.05) is 24.6 Å². The van der Waals surface area contributed by atoms with Crippen LogP contribution in [0.5, 0.6) is 11.5 Å². The van der Waals surface area contributed by atoms with Crippen LogP contribution in [0.4, 0.5) is 10.1 Å². The predicted octanol–water partition coefficient (Wildman–Crippen LogP) is 5.68. The van der Waals surface area contributed by atoms with Crippen molar-refractivity contribution in [3.63, 3.8) is 0 Å². The van der Waals surface area contributed by atoms with Gasteiger partial charge in [-0.2, -0.15) is 5.26 Å². The fraction of sp³-hybridized carbons (Fsp3) is 0.382. The van der Waals surface area contributed by atoms with Crippen LogP contribution in [-0.2, 0) is 23.6 Å². The number of carbonyl (C=O) groups is 1. The zero-order valence-corrected chi connectivity index (χ0v) is 25.8. The third-order valence-corrected chi connectivity index (χ3v) is 10.1. The van der Waals surface area contributed by atoms with Gasteiger partial charge in [0.15, 0.2) is 11.5 Å². The molecule has 236 valence electrons. The standard InChI is InChI=1S/C34H31ClFN5O5/c1-34(22-6-5-19(16-37)13-24(22)36)45-29-4-2-3-27(32(29)46-34)40-11-10-39(25-7-8-26(25)40)18-30-38-31-23(35)14-20(33(42)43)15-28(31)41(30)17-21-9-12-44-21/h2-6,13-15,21,25-26H,7-12,17-18H2,1H3,(H,42,43)/t21-,25+,26-,34+/m0/s1. The first-order valence-corrected chi connectivity index (χ1v) is 15.9. The monoisotopic (exact) mass is 643 g/mol. The Morgan fingerprint density at radius 1 is 1.15 bits per heavy atom. The van der Waals surface area contributed by atoms with Crippen molar-refractivity contribution in [2.24, 2.45) is 0 Å². The van der Waals surface area contributed by atoms with E-state index in [-0.39, 0.29) is 34.9 Å². The lowest BCUT2D eigenvalue weighted by atomic mass is 9.81. The highest BCUT2D eigenvalue weighted by molar-refractivity contribution is 6.35. The Hall–Kier alpha value is -4.37. The molecule has 8 rings (SSSR count). The van der Waals surface area contributed by atoms with Crippen molar-refractivity contribution in [3.8, 4) is 17.6 Å². The van der Waals surface area contributed by atoms with Gasteiger partial charge < -0.3 is 28.8 Å². The molecule has 4 atom stereocenters. The number of aromatic nitrogens is 2. The highest BCUT2D eigenvalue weighted by atomic mass is 35.5. The van der Waals surface area contributed by atoms with E-state index in [0.29, 0.717) is 40.6 Å². The van der Waals surface area contributed by atoms with Crippen LogP contribution in [-0.4, -0.2) is 63.4 Å². The van der Waals surface area contributed by atoms with Crippen LogP contribution < -0.4 is 14.4 Å². The summed E-state index contributed by atoms with van der Waals surface area (Å²) in [5, 5.41) is 19.2. The molecule has 1 saturated carbocycles. The molecule has 0 spiro atoms. The largest absolute Gasteiger partial charge is 0.478 e. The van der Waals surface area contributed by atoms with Crippen LogP contribution >= 0.6 is 11.6 Å². The Morgan fingerprint density at radius 3 is 2.67 bits per heavy atom. The lowest BCUT2D eigenvalue weighted by molar-refractivity contribution is -0.0706. The van der Waals surface area contributed by atoms with E-state index >= 15 is 4.39 Å². The van der Waals surface area contributed by atoms with Crippen LogP contribution in [0.1, 0.15) is 53.5 Å². The number of ether oxygens (including phenoxy) is 3.